The van der Waals surface area contributed by atoms with Crippen LogP contribution in [-0.2, 0) is 16.0 Å². The van der Waals surface area contributed by atoms with Crippen LogP contribution in [0.15, 0.2) is 24.3 Å². The first kappa shape index (κ1) is 21.5. The molecule has 1 aromatic rings. The van der Waals surface area contributed by atoms with Crippen molar-refractivity contribution in [2.24, 2.45) is 5.92 Å². The number of nitrogens with zero attached hydrogens (tertiary/aromatic N) is 2. The summed E-state index contributed by atoms with van der Waals surface area (Å²) in [5, 5.41) is 0. The Morgan fingerprint density at radius 2 is 1.44 bits per heavy atom. The predicted octanol–water partition coefficient (Wildman–Crippen LogP) is 3.26. The maximum Gasteiger partial charge on any atom is 0.227 e. The van der Waals surface area contributed by atoms with Crippen LogP contribution >= 0.6 is 12.4 Å². The van der Waals surface area contributed by atoms with E-state index in [2.05, 4.69) is 0 Å². The van der Waals surface area contributed by atoms with Crippen LogP contribution in [0.4, 0.5) is 5.69 Å². The minimum atomic E-state index is 0. The highest BCUT2D eigenvalue weighted by Gasteiger charge is 2.24. The van der Waals surface area contributed by atoms with Crippen LogP contribution in [0.3, 0.4) is 0 Å². The van der Waals surface area contributed by atoms with E-state index in [1.54, 1.807) is 0 Å². The molecule has 2 aliphatic rings. The van der Waals surface area contributed by atoms with E-state index in [1.807, 2.05) is 34.1 Å². The van der Waals surface area contributed by atoms with Crippen LogP contribution in [0.5, 0.6) is 0 Å². The molecule has 0 aromatic heterocycles. The Morgan fingerprint density at radius 3 is 2.04 bits per heavy atom. The predicted molar refractivity (Wildman–Crippen MR) is 111 cm³/mol. The van der Waals surface area contributed by atoms with Gasteiger partial charge in [-0.05, 0) is 30.0 Å². The molecule has 1 aromatic carbocycles. The van der Waals surface area contributed by atoms with Gasteiger partial charge in [-0.25, -0.2) is 0 Å². The van der Waals surface area contributed by atoms with E-state index in [0.717, 1.165) is 17.9 Å². The summed E-state index contributed by atoms with van der Waals surface area (Å²) >= 11 is 0. The quantitative estimate of drug-likeness (QED) is 0.780. The maximum absolute atomic E-state index is 12.5. The van der Waals surface area contributed by atoms with Gasteiger partial charge in [0.15, 0.2) is 0 Å². The first-order chi connectivity index (χ1) is 12.6. The Labute approximate surface area is 168 Å². The van der Waals surface area contributed by atoms with Crippen molar-refractivity contribution in [3.63, 3.8) is 0 Å². The van der Waals surface area contributed by atoms with E-state index < -0.39 is 0 Å². The van der Waals surface area contributed by atoms with E-state index >= 15 is 0 Å². The lowest BCUT2D eigenvalue weighted by Gasteiger charge is -2.35. The van der Waals surface area contributed by atoms with Crippen molar-refractivity contribution in [1.82, 2.24) is 9.80 Å². The lowest BCUT2D eigenvalue weighted by atomic mass is 9.86. The number of hydrogen-bond donors (Lipinski definition) is 1. The van der Waals surface area contributed by atoms with Gasteiger partial charge in [0.1, 0.15) is 0 Å². The molecule has 2 N–H and O–H groups in total. The molecule has 150 valence electrons. The van der Waals surface area contributed by atoms with Gasteiger partial charge in [-0.3, -0.25) is 9.59 Å². The molecule has 2 amide bonds. The number of halogens is 1. The number of benzene rings is 1. The molecule has 27 heavy (non-hydrogen) atoms. The van der Waals surface area contributed by atoms with Crippen LogP contribution in [0, 0.1) is 5.92 Å². The van der Waals surface area contributed by atoms with E-state index in [9.17, 15) is 9.59 Å². The highest BCUT2D eigenvalue weighted by atomic mass is 35.5. The van der Waals surface area contributed by atoms with Crippen molar-refractivity contribution in [2.45, 2.75) is 51.4 Å². The third kappa shape index (κ3) is 6.42. The van der Waals surface area contributed by atoms with Gasteiger partial charge in [-0.1, -0.05) is 44.2 Å². The molecule has 1 aliphatic carbocycles. The second-order valence-corrected chi connectivity index (χ2v) is 7.72. The van der Waals surface area contributed by atoms with Crippen molar-refractivity contribution in [2.75, 3.05) is 31.9 Å². The first-order valence-corrected chi connectivity index (χ1v) is 10.0. The zero-order chi connectivity index (χ0) is 18.4. The number of carbonyl (C=O) groups excluding carboxylic acids is 2. The van der Waals surface area contributed by atoms with E-state index in [4.69, 9.17) is 5.73 Å². The molecule has 0 spiro atoms. The third-order valence-corrected chi connectivity index (χ3v) is 5.81. The van der Waals surface area contributed by atoms with Gasteiger partial charge in [-0.15, -0.1) is 12.4 Å². The van der Waals surface area contributed by atoms with Crippen LogP contribution in [-0.4, -0.2) is 47.8 Å². The highest BCUT2D eigenvalue weighted by Crippen LogP contribution is 2.27. The highest BCUT2D eigenvalue weighted by molar-refractivity contribution is 5.85. The zero-order valence-corrected chi connectivity index (χ0v) is 16.9. The van der Waals surface area contributed by atoms with E-state index in [-0.39, 0.29) is 24.2 Å². The lowest BCUT2D eigenvalue weighted by Crippen LogP contribution is -2.51. The van der Waals surface area contributed by atoms with Crippen LogP contribution < -0.4 is 5.73 Å². The largest absolute Gasteiger partial charge is 0.399 e. The third-order valence-electron chi connectivity index (χ3n) is 5.81. The molecule has 5 nitrogen and oxygen atoms in total. The monoisotopic (exact) mass is 393 g/mol. The number of rotatable bonds is 5. The molecule has 6 heteroatoms. The fourth-order valence-electron chi connectivity index (χ4n) is 4.09. The Bertz CT molecular complexity index is 606. The van der Waals surface area contributed by atoms with Gasteiger partial charge >= 0.3 is 0 Å². The Kier molecular flexibility index (Phi) is 8.42. The molecular formula is C21H32ClN3O2. The molecule has 0 atom stereocenters. The molecule has 1 heterocycles. The molecule has 2 fully saturated rings. The van der Waals surface area contributed by atoms with Gasteiger partial charge in [-0.2, -0.15) is 0 Å². The summed E-state index contributed by atoms with van der Waals surface area (Å²) in [6.45, 7) is 2.61. The topological polar surface area (TPSA) is 66.6 Å². The standard InChI is InChI=1S/C21H31N3O2.ClH/c22-19-9-6-18(7-10-19)16-21(26)24-14-12-23(13-15-24)20(25)11-8-17-4-2-1-3-5-17;/h6-7,9-10,17H,1-5,8,11-16,22H2;1H. The maximum atomic E-state index is 12.5. The molecule has 1 saturated heterocycles. The fourth-order valence-corrected chi connectivity index (χ4v) is 4.09. The summed E-state index contributed by atoms with van der Waals surface area (Å²) in [5.74, 6) is 1.14. The van der Waals surface area contributed by atoms with Gasteiger partial charge in [0.2, 0.25) is 11.8 Å². The summed E-state index contributed by atoms with van der Waals surface area (Å²) in [6.07, 6.45) is 8.70. The number of carbonyl (C=O) groups is 2. The number of amides is 2. The SMILES string of the molecule is Cl.Nc1ccc(CC(=O)N2CCN(C(=O)CCC3CCCCC3)CC2)cc1. The smallest absolute Gasteiger partial charge is 0.227 e. The van der Waals surface area contributed by atoms with Crippen LogP contribution in [0.1, 0.15) is 50.5 Å². The van der Waals surface area contributed by atoms with Crippen LogP contribution in [0.25, 0.3) is 0 Å². The van der Waals surface area contributed by atoms with Gasteiger partial charge in [0, 0.05) is 38.3 Å². The molecule has 1 aliphatic heterocycles. The van der Waals surface area contributed by atoms with Crippen molar-refractivity contribution >= 4 is 29.9 Å². The molecular weight excluding hydrogens is 362 g/mol. The summed E-state index contributed by atoms with van der Waals surface area (Å²) in [5.41, 5.74) is 7.37. The summed E-state index contributed by atoms with van der Waals surface area (Å²) in [7, 11) is 0. The average molecular weight is 394 g/mol. The Hall–Kier alpha value is -1.75. The normalized spacial score (nSPS) is 18.1. The fraction of sp³-hybridized carbons (Fsp3) is 0.619. The number of nitrogens with two attached hydrogens (primary N) is 1. The minimum absolute atomic E-state index is 0. The number of piperazine rings is 1. The molecule has 3 rings (SSSR count). The van der Waals surface area contributed by atoms with Gasteiger partial charge in [0.05, 0.1) is 6.42 Å². The number of hydrogen-bond acceptors (Lipinski definition) is 3. The second-order valence-electron chi connectivity index (χ2n) is 7.72. The van der Waals surface area contributed by atoms with E-state index in [1.165, 1.54) is 32.1 Å². The van der Waals surface area contributed by atoms with Gasteiger partial charge < -0.3 is 15.5 Å². The number of anilines is 1. The minimum Gasteiger partial charge on any atom is -0.399 e. The Balaban J connectivity index is 0.00000261. The zero-order valence-electron chi connectivity index (χ0n) is 16.1. The lowest BCUT2D eigenvalue weighted by molar-refractivity contribution is -0.139. The second kappa shape index (κ2) is 10.5. The van der Waals surface area contributed by atoms with Crippen molar-refractivity contribution in [3.8, 4) is 0 Å². The average Bonchev–Trinajstić information content (AvgIpc) is 2.69. The number of nitrogen functional groups attached to an aromatic ring is 1. The van der Waals surface area contributed by atoms with Crippen molar-refractivity contribution in [3.05, 3.63) is 29.8 Å². The molecule has 0 radical (unpaired) electrons. The summed E-state index contributed by atoms with van der Waals surface area (Å²) in [4.78, 5) is 28.7. The van der Waals surface area contributed by atoms with Crippen molar-refractivity contribution in [1.29, 1.82) is 0 Å². The summed E-state index contributed by atoms with van der Waals surface area (Å²) in [6, 6.07) is 7.45. The molecule has 0 bridgehead atoms. The summed E-state index contributed by atoms with van der Waals surface area (Å²) < 4.78 is 0. The van der Waals surface area contributed by atoms with Crippen molar-refractivity contribution < 1.29 is 9.59 Å². The van der Waals surface area contributed by atoms with Gasteiger partial charge in [0.25, 0.3) is 0 Å². The first-order valence-electron chi connectivity index (χ1n) is 10.0. The van der Waals surface area contributed by atoms with Crippen LogP contribution in [0.2, 0.25) is 0 Å². The Morgan fingerprint density at radius 1 is 0.889 bits per heavy atom. The van der Waals surface area contributed by atoms with E-state index in [0.29, 0.717) is 44.7 Å². The molecule has 1 saturated carbocycles. The molecule has 0 unspecified atom stereocenters.